The fourth-order valence-electron chi connectivity index (χ4n) is 3.58. The summed E-state index contributed by atoms with van der Waals surface area (Å²) in [5.74, 6) is -0.0600. The number of aryl methyl sites for hydroxylation is 2. The van der Waals surface area contributed by atoms with E-state index in [4.69, 9.17) is 0 Å². The zero-order valence-corrected chi connectivity index (χ0v) is 20.9. The molecule has 9 heteroatoms. The van der Waals surface area contributed by atoms with Crippen molar-refractivity contribution >= 4 is 39.3 Å². The number of carbonyl (C=O) groups is 2. The van der Waals surface area contributed by atoms with Crippen LogP contribution in [0.4, 0.5) is 5.69 Å². The van der Waals surface area contributed by atoms with Crippen LogP contribution in [0.15, 0.2) is 53.4 Å². The molecule has 3 rings (SSSR count). The Morgan fingerprint density at radius 1 is 0.939 bits per heavy atom. The van der Waals surface area contributed by atoms with Crippen molar-refractivity contribution in [3.05, 3.63) is 59.7 Å². The van der Waals surface area contributed by atoms with Gasteiger partial charge in [0.2, 0.25) is 21.8 Å². The van der Waals surface area contributed by atoms with Crippen LogP contribution in [0.25, 0.3) is 0 Å². The van der Waals surface area contributed by atoms with Crippen molar-refractivity contribution in [3.8, 4) is 0 Å². The molecule has 0 aliphatic carbocycles. The Bertz CT molecular complexity index is 1070. The number of anilines is 1. The Kier molecular flexibility index (Phi) is 8.56. The van der Waals surface area contributed by atoms with Crippen LogP contribution in [0.2, 0.25) is 0 Å². The second-order valence-corrected chi connectivity index (χ2v) is 11.5. The molecule has 1 saturated heterocycles. The van der Waals surface area contributed by atoms with E-state index in [9.17, 15) is 18.0 Å². The highest BCUT2D eigenvalue weighted by molar-refractivity contribution is 8.01. The molecule has 2 aromatic carbocycles. The Morgan fingerprint density at radius 3 is 2.18 bits per heavy atom. The maximum atomic E-state index is 13.0. The van der Waals surface area contributed by atoms with Crippen LogP contribution >= 0.6 is 11.8 Å². The fraction of sp³-hybridized carbons (Fsp3) is 0.417. The minimum Gasteiger partial charge on any atom is -0.340 e. The molecule has 1 aliphatic rings. The molecule has 1 atom stereocenters. The molecule has 0 radical (unpaired) electrons. The van der Waals surface area contributed by atoms with E-state index < -0.39 is 15.3 Å². The molecular weight excluding hydrogens is 458 g/mol. The predicted octanol–water partition coefficient (Wildman–Crippen LogP) is 3.29. The smallest absolute Gasteiger partial charge is 0.243 e. The summed E-state index contributed by atoms with van der Waals surface area (Å²) in [6.45, 7) is 7.15. The van der Waals surface area contributed by atoms with Crippen LogP contribution in [0.1, 0.15) is 24.5 Å². The van der Waals surface area contributed by atoms with E-state index in [1.165, 1.54) is 16.1 Å². The number of nitrogens with zero attached hydrogens (tertiary/aromatic N) is 2. The molecule has 33 heavy (non-hydrogen) atoms. The lowest BCUT2D eigenvalue weighted by Gasteiger charge is -2.24. The molecule has 1 unspecified atom stereocenters. The number of hydrogen-bond acceptors (Lipinski definition) is 5. The SMILES string of the molecule is Cc1ccc(NC(=O)CSC(C)C(=O)N2CCCN(S(=O)(=O)c3ccc(C)cc3)CC2)cc1. The standard InChI is InChI=1S/C24H31N3O4S2/c1-18-5-9-21(10-6-18)25-23(28)17-32-20(3)24(29)26-13-4-14-27(16-15-26)33(30,31)22-11-7-19(2)8-12-22/h5-12,20H,4,13-17H2,1-3H3,(H,25,28). The third kappa shape index (κ3) is 6.82. The molecule has 2 amide bonds. The summed E-state index contributed by atoms with van der Waals surface area (Å²) in [4.78, 5) is 27.1. The summed E-state index contributed by atoms with van der Waals surface area (Å²) in [5, 5.41) is 2.44. The molecule has 0 aromatic heterocycles. The number of thioether (sulfide) groups is 1. The number of hydrogen-bond donors (Lipinski definition) is 1. The second-order valence-electron chi connectivity index (χ2n) is 8.26. The maximum Gasteiger partial charge on any atom is 0.243 e. The van der Waals surface area contributed by atoms with Gasteiger partial charge in [-0.05, 0) is 51.5 Å². The molecular formula is C24H31N3O4S2. The van der Waals surface area contributed by atoms with Gasteiger partial charge < -0.3 is 10.2 Å². The summed E-state index contributed by atoms with van der Waals surface area (Å²) in [7, 11) is -3.59. The van der Waals surface area contributed by atoms with E-state index in [0.717, 1.165) is 16.8 Å². The second kappa shape index (κ2) is 11.2. The van der Waals surface area contributed by atoms with Gasteiger partial charge in [0.15, 0.2) is 0 Å². The number of carbonyl (C=O) groups excluding carboxylic acids is 2. The van der Waals surface area contributed by atoms with Crippen LogP contribution in [0.5, 0.6) is 0 Å². The van der Waals surface area contributed by atoms with Crippen molar-refractivity contribution in [2.45, 2.75) is 37.3 Å². The maximum absolute atomic E-state index is 13.0. The first-order chi connectivity index (χ1) is 15.7. The minimum atomic E-state index is -3.59. The summed E-state index contributed by atoms with van der Waals surface area (Å²) in [6.07, 6.45) is 0.572. The normalized spacial score (nSPS) is 16.2. The van der Waals surface area contributed by atoms with Crippen molar-refractivity contribution in [2.24, 2.45) is 0 Å². The van der Waals surface area contributed by atoms with Gasteiger partial charge in [-0.1, -0.05) is 35.4 Å². The highest BCUT2D eigenvalue weighted by Gasteiger charge is 2.29. The lowest BCUT2D eigenvalue weighted by molar-refractivity contribution is -0.130. The van der Waals surface area contributed by atoms with Crippen LogP contribution in [0.3, 0.4) is 0 Å². The Balaban J connectivity index is 1.51. The quantitative estimate of drug-likeness (QED) is 0.645. The van der Waals surface area contributed by atoms with E-state index in [1.807, 2.05) is 38.1 Å². The van der Waals surface area contributed by atoms with Gasteiger partial charge in [-0.15, -0.1) is 11.8 Å². The summed E-state index contributed by atoms with van der Waals surface area (Å²) in [6, 6.07) is 14.4. The van der Waals surface area contributed by atoms with Crippen molar-refractivity contribution < 1.29 is 18.0 Å². The largest absolute Gasteiger partial charge is 0.340 e. The van der Waals surface area contributed by atoms with Crippen LogP contribution in [-0.2, 0) is 19.6 Å². The van der Waals surface area contributed by atoms with Crippen LogP contribution < -0.4 is 5.32 Å². The van der Waals surface area contributed by atoms with E-state index in [0.29, 0.717) is 26.1 Å². The highest BCUT2D eigenvalue weighted by Crippen LogP contribution is 2.20. The van der Waals surface area contributed by atoms with Crippen molar-refractivity contribution in [1.29, 1.82) is 0 Å². The first kappa shape index (κ1) is 25.3. The molecule has 1 aliphatic heterocycles. The van der Waals surface area contributed by atoms with E-state index >= 15 is 0 Å². The molecule has 0 saturated carbocycles. The van der Waals surface area contributed by atoms with Gasteiger partial charge in [-0.2, -0.15) is 4.31 Å². The number of rotatable bonds is 7. The summed E-state index contributed by atoms with van der Waals surface area (Å²) >= 11 is 1.28. The molecule has 0 bridgehead atoms. The minimum absolute atomic E-state index is 0.0716. The van der Waals surface area contributed by atoms with E-state index in [2.05, 4.69) is 5.32 Å². The van der Waals surface area contributed by atoms with Gasteiger partial charge in [0.05, 0.1) is 15.9 Å². The van der Waals surface area contributed by atoms with Gasteiger partial charge in [-0.25, -0.2) is 8.42 Å². The first-order valence-corrected chi connectivity index (χ1v) is 13.5. The first-order valence-electron chi connectivity index (χ1n) is 11.0. The molecule has 2 aromatic rings. The van der Waals surface area contributed by atoms with Crippen LogP contribution in [0, 0.1) is 13.8 Å². The van der Waals surface area contributed by atoms with E-state index in [-0.39, 0.29) is 29.0 Å². The molecule has 1 fully saturated rings. The molecule has 1 heterocycles. The van der Waals surface area contributed by atoms with Crippen molar-refractivity contribution in [1.82, 2.24) is 9.21 Å². The Hall–Kier alpha value is -2.36. The zero-order valence-electron chi connectivity index (χ0n) is 19.3. The van der Waals surface area contributed by atoms with Crippen LogP contribution in [-0.4, -0.2) is 66.6 Å². The third-order valence-corrected chi connectivity index (χ3v) is 8.62. The average molecular weight is 490 g/mol. The fourth-order valence-corrected chi connectivity index (χ4v) is 5.81. The molecule has 178 valence electrons. The topological polar surface area (TPSA) is 86.8 Å². The number of amides is 2. The van der Waals surface area contributed by atoms with Gasteiger partial charge in [-0.3, -0.25) is 9.59 Å². The summed E-state index contributed by atoms with van der Waals surface area (Å²) < 4.78 is 27.4. The molecule has 1 N–H and O–H groups in total. The third-order valence-electron chi connectivity index (χ3n) is 5.57. The lowest BCUT2D eigenvalue weighted by Crippen LogP contribution is -2.40. The van der Waals surface area contributed by atoms with Gasteiger partial charge in [0.25, 0.3) is 0 Å². The van der Waals surface area contributed by atoms with Gasteiger partial charge in [0, 0.05) is 31.9 Å². The Morgan fingerprint density at radius 2 is 1.55 bits per heavy atom. The highest BCUT2D eigenvalue weighted by atomic mass is 32.2. The van der Waals surface area contributed by atoms with E-state index in [1.54, 1.807) is 36.1 Å². The van der Waals surface area contributed by atoms with Gasteiger partial charge >= 0.3 is 0 Å². The number of nitrogens with one attached hydrogen (secondary N) is 1. The summed E-state index contributed by atoms with van der Waals surface area (Å²) in [5.41, 5.74) is 2.84. The number of sulfonamides is 1. The molecule has 7 nitrogen and oxygen atoms in total. The number of benzene rings is 2. The lowest BCUT2D eigenvalue weighted by atomic mass is 10.2. The Labute approximate surface area is 200 Å². The monoisotopic (exact) mass is 489 g/mol. The average Bonchev–Trinajstić information content (AvgIpc) is 3.06. The van der Waals surface area contributed by atoms with Crippen molar-refractivity contribution in [3.63, 3.8) is 0 Å². The molecule has 0 spiro atoms. The predicted molar refractivity (Wildman–Crippen MR) is 133 cm³/mol. The van der Waals surface area contributed by atoms with Gasteiger partial charge in [0.1, 0.15) is 0 Å². The van der Waals surface area contributed by atoms with Crippen molar-refractivity contribution in [2.75, 3.05) is 37.2 Å². The zero-order chi connectivity index (χ0) is 24.0.